The van der Waals surface area contributed by atoms with Gasteiger partial charge in [0, 0.05) is 13.1 Å². The number of thioether (sulfide) groups is 1. The van der Waals surface area contributed by atoms with Gasteiger partial charge in [-0.2, -0.15) is 0 Å². The number of fused-ring (bicyclic) bond motifs is 1. The Morgan fingerprint density at radius 1 is 1.28 bits per heavy atom. The van der Waals surface area contributed by atoms with Crippen LogP contribution >= 0.6 is 23.4 Å². The van der Waals surface area contributed by atoms with E-state index >= 15 is 0 Å². The maximum absolute atomic E-state index is 12.4. The van der Waals surface area contributed by atoms with Crippen molar-refractivity contribution in [1.82, 2.24) is 19.8 Å². The molecule has 29 heavy (non-hydrogen) atoms. The number of amidine groups is 1. The molecule has 2 heterocycles. The Hall–Kier alpha value is -2.61. The van der Waals surface area contributed by atoms with Gasteiger partial charge in [-0.25, -0.2) is 9.98 Å². The first-order valence-corrected chi connectivity index (χ1v) is 10.3. The van der Waals surface area contributed by atoms with Crippen LogP contribution in [0.2, 0.25) is 5.02 Å². The average molecular weight is 426 g/mol. The number of imidazole rings is 1. The molecule has 1 aliphatic rings. The second-order valence-corrected chi connectivity index (χ2v) is 8.36. The number of aromatic nitrogens is 2. The Morgan fingerprint density at radius 3 is 2.90 bits per heavy atom. The Kier molecular flexibility index (Phi) is 5.71. The van der Waals surface area contributed by atoms with E-state index in [-0.39, 0.29) is 5.91 Å². The molecule has 2 aromatic carbocycles. The molecule has 3 aromatic rings. The first kappa shape index (κ1) is 19.7. The average Bonchev–Trinajstić information content (AvgIpc) is 3.25. The zero-order valence-electron chi connectivity index (χ0n) is 16.1. The van der Waals surface area contributed by atoms with Gasteiger partial charge in [-0.1, -0.05) is 29.8 Å². The molecule has 0 bridgehead atoms. The topological polar surface area (TPSA) is 62.5 Å². The number of para-hydroxylation sites is 1. The molecule has 1 aromatic heterocycles. The van der Waals surface area contributed by atoms with Crippen molar-refractivity contribution in [2.45, 2.75) is 6.54 Å². The van der Waals surface area contributed by atoms with Crippen LogP contribution in [0.4, 0.5) is 5.69 Å². The van der Waals surface area contributed by atoms with Crippen molar-refractivity contribution in [2.75, 3.05) is 20.6 Å². The lowest BCUT2D eigenvalue weighted by Crippen LogP contribution is -2.19. The van der Waals surface area contributed by atoms with Crippen LogP contribution in [-0.4, -0.2) is 46.2 Å². The van der Waals surface area contributed by atoms with Crippen molar-refractivity contribution in [3.05, 3.63) is 64.3 Å². The quantitative estimate of drug-likeness (QED) is 0.624. The van der Waals surface area contributed by atoms with Gasteiger partial charge in [0.1, 0.15) is 0 Å². The van der Waals surface area contributed by atoms with Gasteiger partial charge >= 0.3 is 0 Å². The van der Waals surface area contributed by atoms with E-state index in [4.69, 9.17) is 11.6 Å². The summed E-state index contributed by atoms with van der Waals surface area (Å²) in [6, 6.07) is 13.3. The predicted molar refractivity (Wildman–Crippen MR) is 121 cm³/mol. The smallest absolute Gasteiger partial charge is 0.264 e. The second-order valence-electron chi connectivity index (χ2n) is 6.92. The van der Waals surface area contributed by atoms with Gasteiger partial charge in [0.15, 0.2) is 5.17 Å². The summed E-state index contributed by atoms with van der Waals surface area (Å²) in [5, 5.41) is 3.87. The zero-order chi connectivity index (χ0) is 20.4. The maximum atomic E-state index is 12.4. The monoisotopic (exact) mass is 425 g/mol. The summed E-state index contributed by atoms with van der Waals surface area (Å²) in [7, 11) is 4.10. The van der Waals surface area contributed by atoms with Crippen molar-refractivity contribution in [3.63, 3.8) is 0 Å². The minimum absolute atomic E-state index is 0.165. The molecule has 0 unspecified atom stereocenters. The van der Waals surface area contributed by atoms with Gasteiger partial charge in [0.25, 0.3) is 5.91 Å². The van der Waals surface area contributed by atoms with E-state index in [1.165, 1.54) is 11.8 Å². The van der Waals surface area contributed by atoms with Gasteiger partial charge in [-0.15, -0.1) is 0 Å². The van der Waals surface area contributed by atoms with Crippen LogP contribution in [0.1, 0.15) is 5.56 Å². The molecule has 1 fully saturated rings. The molecule has 0 saturated carbocycles. The Labute approximate surface area is 178 Å². The third kappa shape index (κ3) is 4.53. The first-order valence-electron chi connectivity index (χ1n) is 9.13. The molecule has 148 valence electrons. The Balaban J connectivity index is 1.59. The van der Waals surface area contributed by atoms with Crippen molar-refractivity contribution >= 4 is 57.2 Å². The highest BCUT2D eigenvalue weighted by Gasteiger charge is 2.24. The summed E-state index contributed by atoms with van der Waals surface area (Å²) in [5.74, 6) is -0.165. The number of amides is 1. The van der Waals surface area contributed by atoms with Crippen LogP contribution < -0.4 is 5.32 Å². The zero-order valence-corrected chi connectivity index (χ0v) is 17.7. The molecular weight excluding hydrogens is 406 g/mol. The molecule has 0 spiro atoms. The molecule has 0 aliphatic carbocycles. The van der Waals surface area contributed by atoms with Crippen LogP contribution in [0.5, 0.6) is 0 Å². The van der Waals surface area contributed by atoms with Gasteiger partial charge in [-0.3, -0.25) is 4.79 Å². The fourth-order valence-electron chi connectivity index (χ4n) is 2.93. The number of nitrogens with one attached hydrogen (secondary N) is 1. The van der Waals surface area contributed by atoms with Crippen LogP contribution in [0.25, 0.3) is 17.1 Å². The van der Waals surface area contributed by atoms with Gasteiger partial charge < -0.3 is 14.8 Å². The lowest BCUT2D eigenvalue weighted by molar-refractivity contribution is -0.115. The first-order chi connectivity index (χ1) is 14.0. The maximum Gasteiger partial charge on any atom is 0.264 e. The highest BCUT2D eigenvalue weighted by Crippen LogP contribution is 2.31. The largest absolute Gasteiger partial charge is 0.329 e. The molecule has 1 saturated heterocycles. The minimum Gasteiger partial charge on any atom is -0.329 e. The number of hydrogen-bond acceptors (Lipinski definition) is 5. The summed E-state index contributed by atoms with van der Waals surface area (Å²) >= 11 is 7.46. The molecule has 0 atom stereocenters. The minimum atomic E-state index is -0.165. The molecule has 1 N–H and O–H groups in total. The third-order valence-electron chi connectivity index (χ3n) is 4.46. The van der Waals surface area contributed by atoms with E-state index in [9.17, 15) is 4.79 Å². The second kappa shape index (κ2) is 8.41. The lowest BCUT2D eigenvalue weighted by Gasteiger charge is -2.10. The van der Waals surface area contributed by atoms with Crippen molar-refractivity contribution in [2.24, 2.45) is 4.99 Å². The van der Waals surface area contributed by atoms with E-state index in [1.807, 2.05) is 56.8 Å². The molecule has 1 aliphatic heterocycles. The van der Waals surface area contributed by atoms with Gasteiger partial charge in [-0.05, 0) is 61.8 Å². The SMILES string of the molecule is CN(C)CCn1cnc2ccc(/C=C3\SC(=Nc4ccccc4Cl)NC3=O)cc21. The summed E-state index contributed by atoms with van der Waals surface area (Å²) in [6.45, 7) is 1.78. The van der Waals surface area contributed by atoms with Crippen LogP contribution in [0.15, 0.2) is 58.7 Å². The normalized spacial score (nSPS) is 17.0. The fraction of sp³-hybridized carbons (Fsp3) is 0.190. The van der Waals surface area contributed by atoms with Crippen molar-refractivity contribution in [1.29, 1.82) is 0 Å². The Bertz CT molecular complexity index is 1140. The summed E-state index contributed by atoms with van der Waals surface area (Å²) in [5.41, 5.74) is 3.56. The van der Waals surface area contributed by atoms with Crippen LogP contribution in [-0.2, 0) is 11.3 Å². The van der Waals surface area contributed by atoms with Gasteiger partial charge in [0.2, 0.25) is 0 Å². The molecule has 6 nitrogen and oxygen atoms in total. The standard InChI is InChI=1S/C21H20ClN5OS/c1-26(2)9-10-27-13-23-17-8-7-14(11-18(17)27)12-19-20(28)25-21(29-19)24-16-6-4-3-5-15(16)22/h3-8,11-13H,9-10H2,1-2H3,(H,24,25,28)/b19-12-. The lowest BCUT2D eigenvalue weighted by atomic mass is 10.2. The molecule has 8 heteroatoms. The number of benzene rings is 2. The van der Waals surface area contributed by atoms with Gasteiger partial charge in [0.05, 0.1) is 33.0 Å². The highest BCUT2D eigenvalue weighted by atomic mass is 35.5. The number of aliphatic imine (C=N–C) groups is 1. The van der Waals surface area contributed by atoms with Crippen molar-refractivity contribution in [3.8, 4) is 0 Å². The van der Waals surface area contributed by atoms with E-state index < -0.39 is 0 Å². The third-order valence-corrected chi connectivity index (χ3v) is 5.69. The summed E-state index contributed by atoms with van der Waals surface area (Å²) < 4.78 is 2.13. The predicted octanol–water partition coefficient (Wildman–Crippen LogP) is 4.14. The number of hydrogen-bond donors (Lipinski definition) is 1. The van der Waals surface area contributed by atoms with E-state index in [0.29, 0.717) is 20.8 Å². The number of halogens is 1. The molecule has 0 radical (unpaired) electrons. The van der Waals surface area contributed by atoms with E-state index in [1.54, 1.807) is 6.07 Å². The van der Waals surface area contributed by atoms with Crippen molar-refractivity contribution < 1.29 is 4.79 Å². The van der Waals surface area contributed by atoms with Crippen LogP contribution in [0.3, 0.4) is 0 Å². The van der Waals surface area contributed by atoms with E-state index in [2.05, 4.69) is 30.8 Å². The summed E-state index contributed by atoms with van der Waals surface area (Å²) in [6.07, 6.45) is 3.73. The Morgan fingerprint density at radius 2 is 2.10 bits per heavy atom. The molecular formula is C21H20ClN5OS. The molecule has 4 rings (SSSR count). The number of likely N-dealkylation sites (N-methyl/N-ethyl adjacent to an activating group) is 1. The fourth-order valence-corrected chi connectivity index (χ4v) is 3.95. The van der Waals surface area contributed by atoms with Crippen LogP contribution in [0, 0.1) is 0 Å². The number of nitrogens with zero attached hydrogens (tertiary/aromatic N) is 4. The number of rotatable bonds is 5. The van der Waals surface area contributed by atoms with E-state index in [0.717, 1.165) is 29.7 Å². The number of carbonyl (C=O) groups excluding carboxylic acids is 1. The molecule has 1 amide bonds. The number of carbonyl (C=O) groups is 1. The highest BCUT2D eigenvalue weighted by molar-refractivity contribution is 8.18. The summed E-state index contributed by atoms with van der Waals surface area (Å²) in [4.78, 5) is 24.0.